The fraction of sp³-hybridized carbons (Fsp3) is 0.952. The highest BCUT2D eigenvalue weighted by Gasteiger charge is 2.65. The second-order valence-corrected chi connectivity index (χ2v) is 10.6. The Balaban J connectivity index is 2.16. The van der Waals surface area contributed by atoms with Gasteiger partial charge in [0.25, 0.3) is 0 Å². The van der Waals surface area contributed by atoms with Crippen LogP contribution in [0, 0.1) is 17.8 Å². The summed E-state index contributed by atoms with van der Waals surface area (Å²) in [7, 11) is -5.95. The number of carbonyl (C=O) groups excluding carboxylic acids is 1. The predicted molar refractivity (Wildman–Crippen MR) is 112 cm³/mol. The lowest BCUT2D eigenvalue weighted by Gasteiger charge is -2.47. The standard InChI is InChI=1S/C21H35F3O8S/c1-5-19(26,6-2)15-13-11-12(17(32-13)16(15)20(27,7-3)8-4)18(25)31-10-9-14(22)21(23,24)33(28,29)30/h12-17,26-27H,5-11H2,1-4H3,(H,28,29,30). The van der Waals surface area contributed by atoms with E-state index in [1.807, 2.05) is 13.8 Å². The average molecular weight is 505 g/mol. The van der Waals surface area contributed by atoms with Crippen LogP contribution in [-0.4, -0.2) is 70.6 Å². The molecule has 2 aliphatic heterocycles. The third kappa shape index (κ3) is 5.05. The highest BCUT2D eigenvalue weighted by molar-refractivity contribution is 7.86. The fourth-order valence-corrected chi connectivity index (χ4v) is 5.87. The van der Waals surface area contributed by atoms with Crippen LogP contribution in [0.1, 0.15) is 66.2 Å². The Morgan fingerprint density at radius 1 is 1.06 bits per heavy atom. The van der Waals surface area contributed by atoms with E-state index in [2.05, 4.69) is 0 Å². The predicted octanol–water partition coefficient (Wildman–Crippen LogP) is 2.86. The number of esters is 1. The molecule has 2 bridgehead atoms. The van der Waals surface area contributed by atoms with Crippen molar-refractivity contribution in [1.29, 1.82) is 0 Å². The molecule has 0 spiro atoms. The lowest BCUT2D eigenvalue weighted by molar-refractivity contribution is -0.160. The molecule has 0 radical (unpaired) electrons. The van der Waals surface area contributed by atoms with Gasteiger partial charge in [0.2, 0.25) is 0 Å². The van der Waals surface area contributed by atoms with E-state index < -0.39 is 81.7 Å². The quantitative estimate of drug-likeness (QED) is 0.273. The second kappa shape index (κ2) is 9.96. The van der Waals surface area contributed by atoms with Crippen LogP contribution in [0.4, 0.5) is 13.2 Å². The van der Waals surface area contributed by atoms with Gasteiger partial charge in [-0.15, -0.1) is 0 Å². The maximum Gasteiger partial charge on any atom is 0.400 e. The molecule has 6 atom stereocenters. The Kier molecular flexibility index (Phi) is 8.54. The largest absolute Gasteiger partial charge is 0.465 e. The first-order valence-corrected chi connectivity index (χ1v) is 12.8. The molecule has 0 aliphatic carbocycles. The molecular weight excluding hydrogens is 469 g/mol. The molecule has 6 unspecified atom stereocenters. The number of ether oxygens (including phenoxy) is 2. The van der Waals surface area contributed by atoms with Gasteiger partial charge in [0, 0.05) is 18.3 Å². The second-order valence-electron chi connectivity index (χ2n) is 9.11. The molecule has 0 aromatic heterocycles. The van der Waals surface area contributed by atoms with Crippen molar-refractivity contribution in [2.75, 3.05) is 6.61 Å². The van der Waals surface area contributed by atoms with Crippen molar-refractivity contribution in [3.63, 3.8) is 0 Å². The van der Waals surface area contributed by atoms with Gasteiger partial charge < -0.3 is 19.7 Å². The van der Waals surface area contributed by atoms with Crippen LogP contribution in [0.3, 0.4) is 0 Å². The molecule has 0 aromatic rings. The SMILES string of the molecule is CCC(O)(CC)C1C2CC(C(=O)OCCC(F)C(F)(F)S(=O)(=O)O)C(O2)C1C(O)(CC)CC. The van der Waals surface area contributed by atoms with Gasteiger partial charge in [0.15, 0.2) is 6.17 Å². The molecule has 2 heterocycles. The zero-order chi connectivity index (χ0) is 25.4. The summed E-state index contributed by atoms with van der Waals surface area (Å²) >= 11 is 0. The number of hydrogen-bond donors (Lipinski definition) is 3. The molecule has 0 amide bonds. The van der Waals surface area contributed by atoms with Gasteiger partial charge in [-0.1, -0.05) is 27.7 Å². The lowest BCUT2D eigenvalue weighted by atomic mass is 9.59. The number of halogens is 3. The smallest absolute Gasteiger partial charge is 0.400 e. The Morgan fingerprint density at radius 2 is 1.55 bits per heavy atom. The summed E-state index contributed by atoms with van der Waals surface area (Å²) in [5, 5.41) is 17.6. The Morgan fingerprint density at radius 3 is 2.00 bits per heavy atom. The third-order valence-electron chi connectivity index (χ3n) is 7.67. The summed E-state index contributed by atoms with van der Waals surface area (Å²) in [6.45, 7) is 6.45. The zero-order valence-electron chi connectivity index (χ0n) is 19.3. The van der Waals surface area contributed by atoms with Gasteiger partial charge in [-0.3, -0.25) is 9.35 Å². The number of hydrogen-bond acceptors (Lipinski definition) is 7. The molecule has 2 saturated heterocycles. The number of alkyl halides is 3. The van der Waals surface area contributed by atoms with E-state index in [0.29, 0.717) is 25.7 Å². The summed E-state index contributed by atoms with van der Waals surface area (Å²) in [5.74, 6) is -2.68. The van der Waals surface area contributed by atoms with Crippen molar-refractivity contribution < 1.29 is 50.6 Å². The van der Waals surface area contributed by atoms with Crippen molar-refractivity contribution in [1.82, 2.24) is 0 Å². The van der Waals surface area contributed by atoms with Gasteiger partial charge in [0.1, 0.15) is 0 Å². The first-order chi connectivity index (χ1) is 15.1. The summed E-state index contributed by atoms with van der Waals surface area (Å²) in [6.07, 6.45) is -3.93. The van der Waals surface area contributed by atoms with Crippen molar-refractivity contribution in [3.05, 3.63) is 0 Å². The molecule has 194 valence electrons. The minimum Gasteiger partial charge on any atom is -0.465 e. The van der Waals surface area contributed by atoms with Crippen molar-refractivity contribution in [3.8, 4) is 0 Å². The average Bonchev–Trinajstić information content (AvgIpc) is 3.36. The van der Waals surface area contributed by atoms with Gasteiger partial charge in [-0.25, -0.2) is 4.39 Å². The molecule has 2 fully saturated rings. The molecular formula is C21H35F3O8S. The highest BCUT2D eigenvalue weighted by atomic mass is 32.2. The minimum absolute atomic E-state index is 0.191. The topological polar surface area (TPSA) is 130 Å². The van der Waals surface area contributed by atoms with E-state index in [1.165, 1.54) is 0 Å². The summed E-state index contributed by atoms with van der Waals surface area (Å²) in [5.41, 5.74) is -2.33. The molecule has 33 heavy (non-hydrogen) atoms. The first kappa shape index (κ1) is 28.3. The molecule has 8 nitrogen and oxygen atoms in total. The Bertz CT molecular complexity index is 797. The fourth-order valence-electron chi connectivity index (χ4n) is 5.43. The molecule has 2 rings (SSSR count). The normalized spacial score (nSPS) is 29.3. The molecule has 12 heteroatoms. The van der Waals surface area contributed by atoms with Crippen LogP contribution in [-0.2, 0) is 24.4 Å². The minimum atomic E-state index is -5.95. The molecule has 2 aliphatic rings. The van der Waals surface area contributed by atoms with Crippen LogP contribution < -0.4 is 0 Å². The Hall–Kier alpha value is -0.950. The van der Waals surface area contributed by atoms with Crippen LogP contribution in [0.25, 0.3) is 0 Å². The van der Waals surface area contributed by atoms with Crippen molar-refractivity contribution >= 4 is 16.1 Å². The first-order valence-electron chi connectivity index (χ1n) is 11.4. The lowest BCUT2D eigenvalue weighted by Crippen LogP contribution is -2.57. The van der Waals surface area contributed by atoms with E-state index in [0.717, 1.165) is 0 Å². The Labute approximate surface area is 192 Å². The van der Waals surface area contributed by atoms with E-state index >= 15 is 0 Å². The molecule has 0 aromatic carbocycles. The molecule has 3 N–H and O–H groups in total. The van der Waals surface area contributed by atoms with Gasteiger partial charge in [0.05, 0.1) is 35.9 Å². The number of rotatable bonds is 12. The van der Waals surface area contributed by atoms with Crippen LogP contribution in [0.15, 0.2) is 0 Å². The van der Waals surface area contributed by atoms with E-state index in [9.17, 15) is 36.6 Å². The van der Waals surface area contributed by atoms with E-state index in [1.54, 1.807) is 13.8 Å². The van der Waals surface area contributed by atoms with Crippen molar-refractivity contribution in [2.24, 2.45) is 17.8 Å². The summed E-state index contributed by atoms with van der Waals surface area (Å²) in [6, 6.07) is 0. The molecule has 0 saturated carbocycles. The number of aliphatic hydroxyl groups is 2. The van der Waals surface area contributed by atoms with Gasteiger partial charge >= 0.3 is 21.3 Å². The zero-order valence-corrected chi connectivity index (χ0v) is 20.2. The number of fused-ring (bicyclic) bond motifs is 2. The van der Waals surface area contributed by atoms with Crippen LogP contribution >= 0.6 is 0 Å². The third-order valence-corrected chi connectivity index (χ3v) is 8.62. The van der Waals surface area contributed by atoms with Crippen molar-refractivity contribution in [2.45, 2.75) is 101 Å². The maximum atomic E-state index is 13.7. The van der Waals surface area contributed by atoms with Gasteiger partial charge in [-0.2, -0.15) is 17.2 Å². The monoisotopic (exact) mass is 504 g/mol. The van der Waals surface area contributed by atoms with Crippen LogP contribution in [0.5, 0.6) is 0 Å². The summed E-state index contributed by atoms with van der Waals surface area (Å²) in [4.78, 5) is 12.7. The van der Waals surface area contributed by atoms with Crippen LogP contribution in [0.2, 0.25) is 0 Å². The maximum absolute atomic E-state index is 13.7. The van der Waals surface area contributed by atoms with E-state index in [-0.39, 0.29) is 6.42 Å². The van der Waals surface area contributed by atoms with E-state index in [4.69, 9.17) is 14.0 Å². The summed E-state index contributed by atoms with van der Waals surface area (Å²) < 4.78 is 81.0. The van der Waals surface area contributed by atoms with Gasteiger partial charge in [-0.05, 0) is 32.1 Å². The highest BCUT2D eigenvalue weighted by Crippen LogP contribution is 2.57. The number of carbonyl (C=O) groups is 1.